The predicted molar refractivity (Wildman–Crippen MR) is 83.9 cm³/mol. The van der Waals surface area contributed by atoms with E-state index in [9.17, 15) is 8.42 Å². The van der Waals surface area contributed by atoms with Gasteiger partial charge in [0.05, 0.1) is 12.3 Å². The third-order valence-corrected chi connectivity index (χ3v) is 5.10. The number of anilines is 1. The Kier molecular flexibility index (Phi) is 2.67. The summed E-state index contributed by atoms with van der Waals surface area (Å²) in [5, 5.41) is 3.15. The molecule has 0 spiro atoms. The zero-order valence-corrected chi connectivity index (χ0v) is 12.6. The first-order valence-corrected chi connectivity index (χ1v) is 8.20. The molecule has 4 rings (SSSR count). The van der Waals surface area contributed by atoms with Crippen molar-refractivity contribution in [2.24, 2.45) is 9.39 Å². The molecule has 6 nitrogen and oxygen atoms in total. The first kappa shape index (κ1) is 13.1. The van der Waals surface area contributed by atoms with Crippen LogP contribution in [0, 0.1) is 0 Å². The third kappa shape index (κ3) is 1.93. The summed E-state index contributed by atoms with van der Waals surface area (Å²) in [6.07, 6.45) is 1.71. The van der Waals surface area contributed by atoms with Crippen molar-refractivity contribution in [3.8, 4) is 0 Å². The molecule has 0 unspecified atom stereocenters. The van der Waals surface area contributed by atoms with Crippen LogP contribution >= 0.6 is 0 Å². The van der Waals surface area contributed by atoms with E-state index in [2.05, 4.69) is 19.7 Å². The quantitative estimate of drug-likeness (QED) is 0.872. The summed E-state index contributed by atoms with van der Waals surface area (Å²) >= 11 is 0. The van der Waals surface area contributed by atoms with Gasteiger partial charge in [-0.05, 0) is 31.2 Å². The van der Waals surface area contributed by atoms with Crippen molar-refractivity contribution in [2.45, 2.75) is 18.4 Å². The normalized spacial score (nSPS) is 17.5. The lowest BCUT2D eigenvalue weighted by atomic mass is 10.1. The van der Waals surface area contributed by atoms with Crippen LogP contribution in [0.4, 0.5) is 5.69 Å². The second-order valence-corrected chi connectivity index (χ2v) is 6.74. The highest BCUT2D eigenvalue weighted by Gasteiger charge is 2.27. The molecule has 110 valence electrons. The molecule has 22 heavy (non-hydrogen) atoms. The lowest BCUT2D eigenvalue weighted by Gasteiger charge is -2.08. The van der Waals surface area contributed by atoms with Crippen molar-refractivity contribution in [3.63, 3.8) is 0 Å². The number of hydrogen-bond acceptors (Lipinski definition) is 5. The number of nitrogens with one attached hydrogen (secondary N) is 1. The van der Waals surface area contributed by atoms with E-state index in [4.69, 9.17) is 0 Å². The highest BCUT2D eigenvalue weighted by atomic mass is 32.2. The summed E-state index contributed by atoms with van der Waals surface area (Å²) in [6.45, 7) is 2.27. The minimum absolute atomic E-state index is 0.231. The number of aliphatic imine (C=N–C) groups is 1. The monoisotopic (exact) mass is 312 g/mol. The highest BCUT2D eigenvalue weighted by Crippen LogP contribution is 2.29. The molecule has 2 aromatic rings. The molecular weight excluding hydrogens is 300 g/mol. The fourth-order valence-corrected chi connectivity index (χ4v) is 3.97. The van der Waals surface area contributed by atoms with E-state index in [1.165, 1.54) is 0 Å². The molecule has 0 bridgehead atoms. The molecule has 0 saturated carbocycles. The Hall–Kier alpha value is -2.54. The summed E-state index contributed by atoms with van der Waals surface area (Å²) in [7, 11) is -3.58. The number of benzene rings is 1. The second-order valence-electron chi connectivity index (χ2n) is 5.16. The first-order chi connectivity index (χ1) is 10.5. The van der Waals surface area contributed by atoms with E-state index in [-0.39, 0.29) is 4.90 Å². The van der Waals surface area contributed by atoms with Crippen molar-refractivity contribution in [1.82, 2.24) is 4.98 Å². The van der Waals surface area contributed by atoms with E-state index in [1.54, 1.807) is 25.3 Å². The molecule has 0 radical (unpaired) electrons. The van der Waals surface area contributed by atoms with Gasteiger partial charge in [-0.15, -0.1) is 0 Å². The first-order valence-electron chi connectivity index (χ1n) is 6.76. The van der Waals surface area contributed by atoms with Crippen LogP contribution in [0.5, 0.6) is 0 Å². The van der Waals surface area contributed by atoms with E-state index in [0.29, 0.717) is 29.3 Å². The Bertz CT molecular complexity index is 961. The number of hydrogen-bond donors (Lipinski definition) is 1. The van der Waals surface area contributed by atoms with Crippen molar-refractivity contribution in [2.75, 3.05) is 5.32 Å². The van der Waals surface area contributed by atoms with Gasteiger partial charge in [0.2, 0.25) is 0 Å². The average molecular weight is 312 g/mol. The van der Waals surface area contributed by atoms with Crippen LogP contribution in [0.25, 0.3) is 0 Å². The van der Waals surface area contributed by atoms with E-state index in [0.717, 1.165) is 11.3 Å². The summed E-state index contributed by atoms with van der Waals surface area (Å²) in [5.41, 5.74) is 3.69. The lowest BCUT2D eigenvalue weighted by molar-refractivity contribution is 0.599. The molecule has 1 N–H and O–H groups in total. The standard InChI is InChI=1S/C15H12N4O2S/c1-9-12-5-4-11(7-13(12)22(20,21)19-9)18-15-14-10(8-17-15)3-2-6-16-14/h2-7H,8H2,1H3,(H,17,18). The molecule has 0 saturated heterocycles. The largest absolute Gasteiger partial charge is 0.339 e. The van der Waals surface area contributed by atoms with E-state index < -0.39 is 10.0 Å². The molecule has 2 aliphatic heterocycles. The zero-order valence-electron chi connectivity index (χ0n) is 11.7. The van der Waals surface area contributed by atoms with Crippen LogP contribution < -0.4 is 5.32 Å². The molecule has 0 atom stereocenters. The molecule has 1 aromatic heterocycles. The van der Waals surface area contributed by atoms with Gasteiger partial charge < -0.3 is 5.32 Å². The number of amidine groups is 1. The Morgan fingerprint density at radius 2 is 2.09 bits per heavy atom. The van der Waals surface area contributed by atoms with Crippen LogP contribution in [-0.2, 0) is 16.6 Å². The number of aromatic nitrogens is 1. The Labute approximate surface area is 127 Å². The van der Waals surface area contributed by atoms with Gasteiger partial charge in [-0.1, -0.05) is 6.07 Å². The Balaban J connectivity index is 1.70. The molecular formula is C15H12N4O2S. The van der Waals surface area contributed by atoms with Gasteiger partial charge in [0.1, 0.15) is 10.6 Å². The predicted octanol–water partition coefficient (Wildman–Crippen LogP) is 1.97. The van der Waals surface area contributed by atoms with Crippen LogP contribution in [0.15, 0.2) is 50.8 Å². The summed E-state index contributed by atoms with van der Waals surface area (Å²) in [5.74, 6) is 0.656. The zero-order chi connectivity index (χ0) is 15.3. The van der Waals surface area contributed by atoms with Gasteiger partial charge in [0.25, 0.3) is 10.0 Å². The van der Waals surface area contributed by atoms with E-state index >= 15 is 0 Å². The van der Waals surface area contributed by atoms with Crippen LogP contribution in [0.3, 0.4) is 0 Å². The maximum absolute atomic E-state index is 12.0. The number of sulfonamides is 1. The van der Waals surface area contributed by atoms with Gasteiger partial charge in [-0.3, -0.25) is 9.98 Å². The number of pyridine rings is 1. The average Bonchev–Trinajstić information content (AvgIpc) is 2.99. The van der Waals surface area contributed by atoms with Gasteiger partial charge >= 0.3 is 0 Å². The molecule has 0 aliphatic carbocycles. The van der Waals surface area contributed by atoms with Crippen LogP contribution in [0.1, 0.15) is 23.7 Å². The van der Waals surface area contributed by atoms with Crippen molar-refractivity contribution in [3.05, 3.63) is 53.3 Å². The van der Waals surface area contributed by atoms with E-state index in [1.807, 2.05) is 18.2 Å². The van der Waals surface area contributed by atoms with Gasteiger partial charge in [0, 0.05) is 23.0 Å². The Morgan fingerprint density at radius 1 is 1.23 bits per heavy atom. The SMILES string of the molecule is CC1=NS(=O)(=O)c2cc(NC3=NCc4cccnc43)ccc21. The fraction of sp³-hybridized carbons (Fsp3) is 0.133. The van der Waals surface area contributed by atoms with Gasteiger partial charge in [-0.25, -0.2) is 0 Å². The molecule has 7 heteroatoms. The topological polar surface area (TPSA) is 83.8 Å². The minimum Gasteiger partial charge on any atom is -0.339 e. The van der Waals surface area contributed by atoms with Crippen LogP contribution in [-0.4, -0.2) is 24.9 Å². The number of rotatable bonds is 1. The van der Waals surface area contributed by atoms with Crippen molar-refractivity contribution in [1.29, 1.82) is 0 Å². The highest BCUT2D eigenvalue weighted by molar-refractivity contribution is 7.90. The van der Waals surface area contributed by atoms with Crippen LogP contribution in [0.2, 0.25) is 0 Å². The maximum Gasteiger partial charge on any atom is 0.283 e. The number of nitrogens with zero attached hydrogens (tertiary/aromatic N) is 3. The number of fused-ring (bicyclic) bond motifs is 2. The fourth-order valence-electron chi connectivity index (χ4n) is 2.65. The smallest absolute Gasteiger partial charge is 0.283 e. The summed E-state index contributed by atoms with van der Waals surface area (Å²) < 4.78 is 27.7. The Morgan fingerprint density at radius 3 is 2.95 bits per heavy atom. The summed E-state index contributed by atoms with van der Waals surface area (Å²) in [6, 6.07) is 9.02. The van der Waals surface area contributed by atoms with Crippen molar-refractivity contribution < 1.29 is 8.42 Å². The molecule has 0 fully saturated rings. The molecule has 3 heterocycles. The minimum atomic E-state index is -3.58. The molecule has 1 aromatic carbocycles. The molecule has 2 aliphatic rings. The molecule has 0 amide bonds. The maximum atomic E-state index is 12.0. The van der Waals surface area contributed by atoms with Gasteiger partial charge in [0.15, 0.2) is 5.84 Å². The summed E-state index contributed by atoms with van der Waals surface area (Å²) in [4.78, 5) is 8.96. The van der Waals surface area contributed by atoms with Crippen molar-refractivity contribution >= 4 is 27.3 Å². The van der Waals surface area contributed by atoms with Gasteiger partial charge in [-0.2, -0.15) is 12.8 Å². The third-order valence-electron chi connectivity index (χ3n) is 3.69. The second kappa shape index (κ2) is 4.48. The lowest BCUT2D eigenvalue weighted by Crippen LogP contribution is -2.13.